The van der Waals surface area contributed by atoms with E-state index in [0.717, 1.165) is 30.0 Å². The van der Waals surface area contributed by atoms with Crippen LogP contribution in [0.5, 0.6) is 11.5 Å². The number of rotatable bonds is 6. The quantitative estimate of drug-likeness (QED) is 0.818. The Hall–Kier alpha value is -1.26. The molecule has 0 amide bonds. The summed E-state index contributed by atoms with van der Waals surface area (Å²) in [4.78, 5) is 2.12. The highest BCUT2D eigenvalue weighted by molar-refractivity contribution is 5.42. The Morgan fingerprint density at radius 1 is 1.24 bits per heavy atom. The van der Waals surface area contributed by atoms with Crippen molar-refractivity contribution in [3.05, 3.63) is 23.8 Å². The maximum Gasteiger partial charge on any atom is 0.123 e. The molecule has 0 aliphatic heterocycles. The molecular formula is C13H22N2O2. The summed E-state index contributed by atoms with van der Waals surface area (Å²) in [6, 6.07) is 5.67. The first kappa shape index (κ1) is 13.8. The first-order chi connectivity index (χ1) is 8.08. The molecule has 1 unspecified atom stereocenters. The van der Waals surface area contributed by atoms with Crippen LogP contribution in [0.2, 0.25) is 0 Å². The van der Waals surface area contributed by atoms with Crippen LogP contribution in [0.25, 0.3) is 0 Å². The van der Waals surface area contributed by atoms with Gasteiger partial charge in [-0.2, -0.15) is 0 Å². The Labute approximate surface area is 103 Å². The van der Waals surface area contributed by atoms with Crippen molar-refractivity contribution < 1.29 is 9.47 Å². The summed E-state index contributed by atoms with van der Waals surface area (Å²) in [7, 11) is 7.38. The number of methoxy groups -OCH3 is 2. The van der Waals surface area contributed by atoms with Gasteiger partial charge in [-0.3, -0.25) is 0 Å². The molecule has 0 aliphatic rings. The lowest BCUT2D eigenvalue weighted by Gasteiger charge is -2.18. The monoisotopic (exact) mass is 238 g/mol. The van der Waals surface area contributed by atoms with Gasteiger partial charge in [0.1, 0.15) is 11.5 Å². The molecule has 0 bridgehead atoms. The first-order valence-electron chi connectivity index (χ1n) is 5.70. The van der Waals surface area contributed by atoms with Crippen molar-refractivity contribution in [3.8, 4) is 11.5 Å². The fraction of sp³-hybridized carbons (Fsp3) is 0.538. The fourth-order valence-electron chi connectivity index (χ4n) is 1.68. The highest BCUT2D eigenvalue weighted by Gasteiger charge is 2.13. The van der Waals surface area contributed by atoms with Crippen LogP contribution in [0.15, 0.2) is 18.2 Å². The molecule has 0 radical (unpaired) electrons. The second kappa shape index (κ2) is 6.47. The Kier molecular flexibility index (Phi) is 5.25. The number of hydrogen-bond acceptors (Lipinski definition) is 4. The van der Waals surface area contributed by atoms with Crippen molar-refractivity contribution >= 4 is 0 Å². The lowest BCUT2D eigenvalue weighted by Crippen LogP contribution is -2.20. The smallest absolute Gasteiger partial charge is 0.123 e. The fourth-order valence-corrected chi connectivity index (χ4v) is 1.68. The third-order valence-corrected chi connectivity index (χ3v) is 2.72. The van der Waals surface area contributed by atoms with Gasteiger partial charge < -0.3 is 20.1 Å². The SMILES string of the molecule is COc1ccc(OC)c(C(N)CCN(C)C)c1. The zero-order chi connectivity index (χ0) is 12.8. The molecule has 2 N–H and O–H groups in total. The maximum absolute atomic E-state index is 6.18. The third-order valence-electron chi connectivity index (χ3n) is 2.72. The molecular weight excluding hydrogens is 216 g/mol. The molecule has 0 spiro atoms. The van der Waals surface area contributed by atoms with E-state index in [-0.39, 0.29) is 6.04 Å². The molecule has 0 saturated heterocycles. The van der Waals surface area contributed by atoms with Crippen molar-refractivity contribution in [3.63, 3.8) is 0 Å². The minimum Gasteiger partial charge on any atom is -0.497 e. The molecule has 96 valence electrons. The standard InChI is InChI=1S/C13H22N2O2/c1-15(2)8-7-12(14)11-9-10(16-3)5-6-13(11)17-4/h5-6,9,12H,7-8,14H2,1-4H3. The van der Waals surface area contributed by atoms with Gasteiger partial charge in [-0.1, -0.05) is 0 Å². The molecule has 0 aliphatic carbocycles. The van der Waals surface area contributed by atoms with Crippen LogP contribution < -0.4 is 15.2 Å². The Balaban J connectivity index is 2.85. The molecule has 1 aromatic carbocycles. The van der Waals surface area contributed by atoms with Crippen LogP contribution in [-0.4, -0.2) is 39.8 Å². The van der Waals surface area contributed by atoms with Gasteiger partial charge in [0, 0.05) is 11.6 Å². The molecule has 1 aromatic rings. The van der Waals surface area contributed by atoms with Crippen LogP contribution in [0, 0.1) is 0 Å². The summed E-state index contributed by atoms with van der Waals surface area (Å²) in [5, 5.41) is 0. The molecule has 0 heterocycles. The van der Waals surface area contributed by atoms with E-state index in [1.165, 1.54) is 0 Å². The molecule has 17 heavy (non-hydrogen) atoms. The predicted octanol–water partition coefficient (Wildman–Crippen LogP) is 1.66. The summed E-state index contributed by atoms with van der Waals surface area (Å²) >= 11 is 0. The Bertz CT molecular complexity index is 353. The van der Waals surface area contributed by atoms with Crippen LogP contribution >= 0.6 is 0 Å². The predicted molar refractivity (Wildman–Crippen MR) is 69.6 cm³/mol. The van der Waals surface area contributed by atoms with Gasteiger partial charge in [-0.05, 0) is 45.3 Å². The number of ether oxygens (including phenoxy) is 2. The van der Waals surface area contributed by atoms with E-state index in [1.54, 1.807) is 14.2 Å². The summed E-state index contributed by atoms with van der Waals surface area (Å²) in [5.74, 6) is 1.62. The minimum absolute atomic E-state index is 0.0394. The zero-order valence-corrected chi connectivity index (χ0v) is 11.1. The topological polar surface area (TPSA) is 47.7 Å². The number of nitrogens with zero attached hydrogens (tertiary/aromatic N) is 1. The second-order valence-corrected chi connectivity index (χ2v) is 4.31. The van der Waals surface area contributed by atoms with E-state index in [4.69, 9.17) is 15.2 Å². The lowest BCUT2D eigenvalue weighted by molar-refractivity contribution is 0.369. The molecule has 1 rings (SSSR count). The van der Waals surface area contributed by atoms with Crippen LogP contribution in [0.3, 0.4) is 0 Å². The molecule has 4 nitrogen and oxygen atoms in total. The van der Waals surface area contributed by atoms with Gasteiger partial charge in [0.05, 0.1) is 14.2 Å². The van der Waals surface area contributed by atoms with Crippen molar-refractivity contribution in [1.29, 1.82) is 0 Å². The summed E-state index contributed by atoms with van der Waals surface area (Å²) in [6.07, 6.45) is 0.885. The second-order valence-electron chi connectivity index (χ2n) is 4.31. The zero-order valence-electron chi connectivity index (χ0n) is 11.1. The average Bonchev–Trinajstić information content (AvgIpc) is 2.34. The van der Waals surface area contributed by atoms with E-state index >= 15 is 0 Å². The third kappa shape index (κ3) is 3.91. The largest absolute Gasteiger partial charge is 0.497 e. The first-order valence-corrected chi connectivity index (χ1v) is 5.70. The molecule has 0 fully saturated rings. The van der Waals surface area contributed by atoms with Gasteiger partial charge in [0.15, 0.2) is 0 Å². The molecule has 1 atom stereocenters. The van der Waals surface area contributed by atoms with Crippen LogP contribution in [-0.2, 0) is 0 Å². The number of benzene rings is 1. The van der Waals surface area contributed by atoms with Crippen molar-refractivity contribution in [1.82, 2.24) is 4.90 Å². The van der Waals surface area contributed by atoms with E-state index in [9.17, 15) is 0 Å². The van der Waals surface area contributed by atoms with Crippen LogP contribution in [0.1, 0.15) is 18.0 Å². The van der Waals surface area contributed by atoms with Crippen molar-refractivity contribution in [2.24, 2.45) is 5.73 Å². The maximum atomic E-state index is 6.18. The van der Waals surface area contributed by atoms with E-state index in [1.807, 2.05) is 32.3 Å². The van der Waals surface area contributed by atoms with Gasteiger partial charge in [0.25, 0.3) is 0 Å². The van der Waals surface area contributed by atoms with Crippen LogP contribution in [0.4, 0.5) is 0 Å². The number of hydrogen-bond donors (Lipinski definition) is 1. The van der Waals surface area contributed by atoms with E-state index < -0.39 is 0 Å². The minimum atomic E-state index is -0.0394. The molecule has 0 saturated carbocycles. The summed E-state index contributed by atoms with van der Waals surface area (Å²) in [5.41, 5.74) is 7.18. The Morgan fingerprint density at radius 2 is 1.94 bits per heavy atom. The molecule has 0 aromatic heterocycles. The van der Waals surface area contributed by atoms with Gasteiger partial charge >= 0.3 is 0 Å². The number of nitrogens with two attached hydrogens (primary N) is 1. The highest BCUT2D eigenvalue weighted by atomic mass is 16.5. The van der Waals surface area contributed by atoms with Gasteiger partial charge in [-0.25, -0.2) is 0 Å². The Morgan fingerprint density at radius 3 is 2.47 bits per heavy atom. The highest BCUT2D eigenvalue weighted by Crippen LogP contribution is 2.29. The van der Waals surface area contributed by atoms with Crippen molar-refractivity contribution in [2.45, 2.75) is 12.5 Å². The van der Waals surface area contributed by atoms with Gasteiger partial charge in [-0.15, -0.1) is 0 Å². The van der Waals surface area contributed by atoms with Crippen molar-refractivity contribution in [2.75, 3.05) is 34.9 Å². The normalized spacial score (nSPS) is 12.6. The van der Waals surface area contributed by atoms with E-state index in [0.29, 0.717) is 0 Å². The van der Waals surface area contributed by atoms with E-state index in [2.05, 4.69) is 4.90 Å². The lowest BCUT2D eigenvalue weighted by atomic mass is 10.0. The summed E-state index contributed by atoms with van der Waals surface area (Å²) < 4.78 is 10.5. The van der Waals surface area contributed by atoms with Gasteiger partial charge in [0.2, 0.25) is 0 Å². The molecule has 4 heteroatoms. The summed E-state index contributed by atoms with van der Waals surface area (Å²) in [6.45, 7) is 0.946. The average molecular weight is 238 g/mol.